The number of halogens is 1. The Hall–Kier alpha value is -1.64. The molecule has 1 aliphatic rings. The fourth-order valence-electron chi connectivity index (χ4n) is 1.90. The molecule has 0 heterocycles. The van der Waals surface area contributed by atoms with Crippen molar-refractivity contribution < 1.29 is 22.7 Å². The monoisotopic (exact) mass is 360 g/mol. The Morgan fingerprint density at radius 3 is 2.61 bits per heavy atom. The molecule has 0 spiro atoms. The topological polar surface area (TPSA) is 92.8 Å². The van der Waals surface area contributed by atoms with E-state index in [9.17, 15) is 18.0 Å². The second kappa shape index (κ2) is 6.86. The Morgan fingerprint density at radius 2 is 2.04 bits per heavy atom. The summed E-state index contributed by atoms with van der Waals surface area (Å²) in [6.07, 6.45) is 1.82. The lowest BCUT2D eigenvalue weighted by molar-refractivity contribution is -0.121. The number of hydrogen-bond acceptors (Lipinski definition) is 5. The third-order valence-electron chi connectivity index (χ3n) is 3.35. The maximum Gasteiger partial charge on any atom is 0.337 e. The number of sulfonamides is 1. The fourth-order valence-corrected chi connectivity index (χ4v) is 3.53. The van der Waals surface area contributed by atoms with E-state index in [1.165, 1.54) is 26.3 Å². The van der Waals surface area contributed by atoms with Gasteiger partial charge in [0.25, 0.3) is 0 Å². The Bertz CT molecular complexity index is 731. The first-order chi connectivity index (χ1) is 10.8. The van der Waals surface area contributed by atoms with Gasteiger partial charge in [-0.2, -0.15) is 4.31 Å². The fraction of sp³-hybridized carbons (Fsp3) is 0.429. The average molecular weight is 361 g/mol. The maximum atomic E-state index is 12.6. The third-order valence-corrected chi connectivity index (χ3v) is 5.63. The van der Waals surface area contributed by atoms with Crippen molar-refractivity contribution in [3.63, 3.8) is 0 Å². The molecule has 2 rings (SSSR count). The summed E-state index contributed by atoms with van der Waals surface area (Å²) in [7, 11) is -1.54. The van der Waals surface area contributed by atoms with E-state index in [1.807, 2.05) is 0 Å². The summed E-state index contributed by atoms with van der Waals surface area (Å²) in [6.45, 7) is -0.322. The van der Waals surface area contributed by atoms with E-state index in [0.717, 1.165) is 23.2 Å². The number of carbonyl (C=O) groups is 2. The van der Waals surface area contributed by atoms with E-state index in [2.05, 4.69) is 10.1 Å². The van der Waals surface area contributed by atoms with Gasteiger partial charge in [-0.25, -0.2) is 13.2 Å². The zero-order valence-electron chi connectivity index (χ0n) is 12.7. The smallest absolute Gasteiger partial charge is 0.337 e. The van der Waals surface area contributed by atoms with Gasteiger partial charge in [0.1, 0.15) is 4.90 Å². The summed E-state index contributed by atoms with van der Waals surface area (Å²) in [4.78, 5) is 23.1. The molecule has 1 saturated carbocycles. The summed E-state index contributed by atoms with van der Waals surface area (Å²) < 4.78 is 30.6. The molecule has 23 heavy (non-hydrogen) atoms. The predicted molar refractivity (Wildman–Crippen MR) is 83.8 cm³/mol. The predicted octanol–water partition coefficient (Wildman–Crippen LogP) is 1.03. The Morgan fingerprint density at radius 1 is 1.39 bits per heavy atom. The van der Waals surface area contributed by atoms with Crippen LogP contribution in [0.2, 0.25) is 5.02 Å². The molecule has 0 atom stereocenters. The molecule has 0 bridgehead atoms. The molecule has 1 N–H and O–H groups in total. The Balaban J connectivity index is 2.23. The van der Waals surface area contributed by atoms with Crippen molar-refractivity contribution in [3.05, 3.63) is 28.8 Å². The van der Waals surface area contributed by atoms with Crippen LogP contribution in [0.15, 0.2) is 23.1 Å². The lowest BCUT2D eigenvalue weighted by atomic mass is 10.2. The molecule has 0 aliphatic heterocycles. The van der Waals surface area contributed by atoms with Crippen LogP contribution in [0.1, 0.15) is 23.2 Å². The number of nitrogens with one attached hydrogen (secondary N) is 1. The van der Waals surface area contributed by atoms with Gasteiger partial charge in [0.05, 0.1) is 24.2 Å². The van der Waals surface area contributed by atoms with Crippen molar-refractivity contribution in [2.24, 2.45) is 0 Å². The van der Waals surface area contributed by atoms with Gasteiger partial charge >= 0.3 is 5.97 Å². The zero-order chi connectivity index (χ0) is 17.2. The summed E-state index contributed by atoms with van der Waals surface area (Å²) in [5, 5.41) is 2.67. The van der Waals surface area contributed by atoms with Crippen molar-refractivity contribution in [2.75, 3.05) is 20.7 Å². The van der Waals surface area contributed by atoms with E-state index in [1.54, 1.807) is 0 Å². The number of methoxy groups -OCH3 is 1. The molecule has 1 aliphatic carbocycles. The number of likely N-dealkylation sites (N-methyl/N-ethyl adjacent to an activating group) is 1. The Kier molecular flexibility index (Phi) is 5.28. The molecule has 9 heteroatoms. The van der Waals surface area contributed by atoms with Crippen LogP contribution in [0.3, 0.4) is 0 Å². The van der Waals surface area contributed by atoms with Gasteiger partial charge < -0.3 is 10.1 Å². The molecule has 0 saturated heterocycles. The number of esters is 1. The maximum absolute atomic E-state index is 12.6. The second-order valence-corrected chi connectivity index (χ2v) is 7.66. The molecule has 1 fully saturated rings. The minimum Gasteiger partial charge on any atom is -0.465 e. The van der Waals surface area contributed by atoms with Crippen molar-refractivity contribution in [1.82, 2.24) is 9.62 Å². The SMILES string of the molecule is COC(=O)c1ccc(Cl)c(S(=O)(=O)N(C)CC(=O)NC2CC2)c1. The van der Waals surface area contributed by atoms with Gasteiger partial charge in [0.15, 0.2) is 0 Å². The van der Waals surface area contributed by atoms with Crippen molar-refractivity contribution in [3.8, 4) is 0 Å². The first-order valence-electron chi connectivity index (χ1n) is 6.89. The normalized spacial score (nSPS) is 14.6. The molecule has 0 radical (unpaired) electrons. The quantitative estimate of drug-likeness (QED) is 0.765. The summed E-state index contributed by atoms with van der Waals surface area (Å²) >= 11 is 5.95. The summed E-state index contributed by atoms with van der Waals surface area (Å²) in [5.41, 5.74) is 0.0614. The van der Waals surface area contributed by atoms with Crippen LogP contribution >= 0.6 is 11.6 Å². The van der Waals surface area contributed by atoms with Crippen molar-refractivity contribution in [1.29, 1.82) is 0 Å². The summed E-state index contributed by atoms with van der Waals surface area (Å²) in [6, 6.07) is 3.95. The molecule has 0 aromatic heterocycles. The van der Waals surface area contributed by atoms with Crippen molar-refractivity contribution >= 4 is 33.5 Å². The van der Waals surface area contributed by atoms with E-state index < -0.39 is 16.0 Å². The lowest BCUT2D eigenvalue weighted by Gasteiger charge is -2.18. The van der Waals surface area contributed by atoms with E-state index in [-0.39, 0.29) is 34.0 Å². The van der Waals surface area contributed by atoms with Gasteiger partial charge in [0.2, 0.25) is 15.9 Å². The van der Waals surface area contributed by atoms with Crippen LogP contribution in [0.5, 0.6) is 0 Å². The third kappa shape index (κ3) is 4.21. The van der Waals surface area contributed by atoms with E-state index in [0.29, 0.717) is 0 Å². The van der Waals surface area contributed by atoms with Crippen LogP contribution in [-0.2, 0) is 19.6 Å². The number of rotatable bonds is 6. The van der Waals surface area contributed by atoms with Crippen LogP contribution < -0.4 is 5.32 Å². The second-order valence-electron chi connectivity index (χ2n) is 5.24. The molecule has 126 valence electrons. The zero-order valence-corrected chi connectivity index (χ0v) is 14.3. The number of amides is 1. The molecular weight excluding hydrogens is 344 g/mol. The first-order valence-corrected chi connectivity index (χ1v) is 8.71. The Labute approximate surface area is 139 Å². The standard InChI is InChI=1S/C14H17ClN2O5S/c1-17(8-13(18)16-10-4-5-10)23(20,21)12-7-9(14(19)22-2)3-6-11(12)15/h3,6-7,10H,4-5,8H2,1-2H3,(H,16,18). The van der Waals surface area contributed by atoms with Crippen LogP contribution in [0.25, 0.3) is 0 Å². The highest BCUT2D eigenvalue weighted by molar-refractivity contribution is 7.89. The number of benzene rings is 1. The summed E-state index contributed by atoms with van der Waals surface area (Å²) in [5.74, 6) is -1.05. The minimum absolute atomic E-state index is 0.0351. The number of hydrogen-bond donors (Lipinski definition) is 1. The van der Waals surface area contributed by atoms with Crippen LogP contribution in [0.4, 0.5) is 0 Å². The average Bonchev–Trinajstić information content (AvgIpc) is 3.30. The minimum atomic E-state index is -4.01. The molecule has 0 unspecified atom stereocenters. The van der Waals surface area contributed by atoms with Gasteiger partial charge in [0, 0.05) is 13.1 Å². The van der Waals surface area contributed by atoms with Gasteiger partial charge in [-0.1, -0.05) is 11.6 Å². The molecule has 7 nitrogen and oxygen atoms in total. The molecule has 1 amide bonds. The van der Waals surface area contributed by atoms with Crippen LogP contribution in [-0.4, -0.2) is 51.3 Å². The molecule has 1 aromatic rings. The number of nitrogens with zero attached hydrogens (tertiary/aromatic N) is 1. The van der Waals surface area contributed by atoms with Gasteiger partial charge in [-0.3, -0.25) is 4.79 Å². The number of ether oxygens (including phenoxy) is 1. The molecule has 1 aromatic carbocycles. The van der Waals surface area contributed by atoms with Gasteiger partial charge in [-0.15, -0.1) is 0 Å². The first kappa shape index (κ1) is 17.7. The van der Waals surface area contributed by atoms with E-state index >= 15 is 0 Å². The lowest BCUT2D eigenvalue weighted by Crippen LogP contribution is -2.39. The highest BCUT2D eigenvalue weighted by Crippen LogP contribution is 2.26. The highest BCUT2D eigenvalue weighted by atomic mass is 35.5. The highest BCUT2D eigenvalue weighted by Gasteiger charge is 2.29. The van der Waals surface area contributed by atoms with Crippen molar-refractivity contribution in [2.45, 2.75) is 23.8 Å². The van der Waals surface area contributed by atoms with E-state index in [4.69, 9.17) is 11.6 Å². The largest absolute Gasteiger partial charge is 0.465 e. The van der Waals surface area contributed by atoms with Gasteiger partial charge in [-0.05, 0) is 31.0 Å². The van der Waals surface area contributed by atoms with Crippen LogP contribution in [0, 0.1) is 0 Å². The molecular formula is C14H17ClN2O5S. The number of carbonyl (C=O) groups excluding carboxylic acids is 2.